The van der Waals surface area contributed by atoms with Crippen LogP contribution in [0.15, 0.2) is 42.6 Å². The molecule has 0 aliphatic carbocycles. The maximum absolute atomic E-state index is 13.2. The number of pyridine rings is 1. The Bertz CT molecular complexity index is 788. The monoisotopic (exact) mass is 335 g/mol. The summed E-state index contributed by atoms with van der Waals surface area (Å²) in [6, 6.07) is 12.2. The van der Waals surface area contributed by atoms with Crippen molar-refractivity contribution < 1.29 is 4.79 Å². The standard InChI is InChI=1S/C21H25N3O/c1-15-6-5-11-23(14-15)20-13-18(9-10-22-20)21(25)24-16(2)12-17-7-3-4-8-19(17)24/h3-4,7-10,13,15-16H,5-6,11-12,14H2,1-2H3. The number of piperidine rings is 1. The van der Waals surface area contributed by atoms with Crippen LogP contribution < -0.4 is 9.80 Å². The number of carbonyl (C=O) groups is 1. The maximum atomic E-state index is 13.2. The van der Waals surface area contributed by atoms with Gasteiger partial charge in [0.25, 0.3) is 5.91 Å². The molecule has 1 amide bonds. The van der Waals surface area contributed by atoms with E-state index in [9.17, 15) is 4.79 Å². The minimum atomic E-state index is 0.0751. The van der Waals surface area contributed by atoms with Gasteiger partial charge in [0.1, 0.15) is 5.82 Å². The van der Waals surface area contributed by atoms with Crippen LogP contribution in [0.3, 0.4) is 0 Å². The SMILES string of the molecule is CC1CCCN(c2cc(C(=O)N3c4ccccc4CC3C)ccn2)C1. The fraction of sp³-hybridized carbons (Fsp3) is 0.429. The molecule has 2 unspecified atom stereocenters. The first-order valence-electron chi connectivity index (χ1n) is 9.26. The second-order valence-corrected chi connectivity index (χ2v) is 7.45. The molecular weight excluding hydrogens is 310 g/mol. The Hall–Kier alpha value is -2.36. The number of hydrogen-bond acceptors (Lipinski definition) is 3. The molecule has 2 aromatic rings. The highest BCUT2D eigenvalue weighted by Gasteiger charge is 2.31. The Kier molecular flexibility index (Phi) is 4.20. The Morgan fingerprint density at radius 2 is 2.04 bits per heavy atom. The Morgan fingerprint density at radius 1 is 1.20 bits per heavy atom. The van der Waals surface area contributed by atoms with E-state index >= 15 is 0 Å². The van der Waals surface area contributed by atoms with Crippen molar-refractivity contribution in [1.82, 2.24) is 4.98 Å². The van der Waals surface area contributed by atoms with Gasteiger partial charge in [-0.25, -0.2) is 4.98 Å². The number of rotatable bonds is 2. The van der Waals surface area contributed by atoms with Crippen LogP contribution in [-0.2, 0) is 6.42 Å². The van der Waals surface area contributed by atoms with Gasteiger partial charge >= 0.3 is 0 Å². The number of anilines is 2. The number of nitrogens with zero attached hydrogens (tertiary/aromatic N) is 3. The fourth-order valence-electron chi connectivity index (χ4n) is 4.14. The summed E-state index contributed by atoms with van der Waals surface area (Å²) in [5, 5.41) is 0. The molecule has 1 aromatic carbocycles. The Balaban J connectivity index is 1.62. The van der Waals surface area contributed by atoms with Gasteiger partial charge in [-0.3, -0.25) is 4.79 Å². The van der Waals surface area contributed by atoms with Gasteiger partial charge in [-0.1, -0.05) is 25.1 Å². The number of benzene rings is 1. The minimum Gasteiger partial charge on any atom is -0.356 e. The topological polar surface area (TPSA) is 36.4 Å². The molecule has 130 valence electrons. The second kappa shape index (κ2) is 6.51. The molecule has 0 saturated carbocycles. The summed E-state index contributed by atoms with van der Waals surface area (Å²) < 4.78 is 0. The molecule has 2 aliphatic rings. The van der Waals surface area contributed by atoms with Crippen molar-refractivity contribution in [3.63, 3.8) is 0 Å². The first-order valence-corrected chi connectivity index (χ1v) is 9.26. The third-order valence-electron chi connectivity index (χ3n) is 5.40. The maximum Gasteiger partial charge on any atom is 0.258 e. The van der Waals surface area contributed by atoms with Crippen LogP contribution in [0.2, 0.25) is 0 Å². The highest BCUT2D eigenvalue weighted by molar-refractivity contribution is 6.08. The predicted molar refractivity (Wildman–Crippen MR) is 101 cm³/mol. The predicted octanol–water partition coefficient (Wildman–Crippen LogP) is 3.91. The van der Waals surface area contributed by atoms with Crippen molar-refractivity contribution in [1.29, 1.82) is 0 Å². The molecular formula is C21H25N3O. The molecule has 4 heteroatoms. The third-order valence-corrected chi connectivity index (χ3v) is 5.40. The van der Waals surface area contributed by atoms with Crippen molar-refractivity contribution in [3.05, 3.63) is 53.7 Å². The molecule has 3 heterocycles. The third kappa shape index (κ3) is 3.01. The lowest BCUT2D eigenvalue weighted by molar-refractivity contribution is 0.0981. The van der Waals surface area contributed by atoms with E-state index in [4.69, 9.17) is 0 Å². The van der Waals surface area contributed by atoms with E-state index in [1.54, 1.807) is 6.20 Å². The van der Waals surface area contributed by atoms with Gasteiger partial charge in [-0.05, 0) is 55.9 Å². The highest BCUT2D eigenvalue weighted by Crippen LogP contribution is 2.33. The number of carbonyl (C=O) groups excluding carboxylic acids is 1. The van der Waals surface area contributed by atoms with E-state index in [0.717, 1.165) is 36.6 Å². The van der Waals surface area contributed by atoms with Crippen molar-refractivity contribution in [2.24, 2.45) is 5.92 Å². The van der Waals surface area contributed by atoms with Gasteiger partial charge in [0.05, 0.1) is 0 Å². The van der Waals surface area contributed by atoms with Gasteiger partial charge in [0, 0.05) is 36.6 Å². The second-order valence-electron chi connectivity index (χ2n) is 7.45. The van der Waals surface area contributed by atoms with E-state index in [1.165, 1.54) is 18.4 Å². The molecule has 0 radical (unpaired) electrons. The van der Waals surface area contributed by atoms with Crippen LogP contribution in [-0.4, -0.2) is 30.0 Å². The van der Waals surface area contributed by atoms with Crippen LogP contribution >= 0.6 is 0 Å². The van der Waals surface area contributed by atoms with Gasteiger partial charge in [-0.15, -0.1) is 0 Å². The molecule has 1 fully saturated rings. The molecule has 0 bridgehead atoms. The van der Waals surface area contributed by atoms with Gasteiger partial charge in [0.2, 0.25) is 0 Å². The van der Waals surface area contributed by atoms with Crippen molar-refractivity contribution in [3.8, 4) is 0 Å². The lowest BCUT2D eigenvalue weighted by atomic mass is 10.0. The number of fused-ring (bicyclic) bond motifs is 1. The van der Waals surface area contributed by atoms with Crippen LogP contribution in [0.4, 0.5) is 11.5 Å². The molecule has 0 spiro atoms. The summed E-state index contributed by atoms with van der Waals surface area (Å²) >= 11 is 0. The number of hydrogen-bond donors (Lipinski definition) is 0. The summed E-state index contributed by atoms with van der Waals surface area (Å²) in [4.78, 5) is 22.0. The molecule has 4 rings (SSSR count). The lowest BCUT2D eigenvalue weighted by Gasteiger charge is -2.32. The normalized spacial score (nSPS) is 22.8. The molecule has 1 saturated heterocycles. The van der Waals surface area contributed by atoms with Crippen molar-refractivity contribution >= 4 is 17.4 Å². The van der Waals surface area contributed by atoms with E-state index in [1.807, 2.05) is 35.2 Å². The zero-order valence-electron chi connectivity index (χ0n) is 15.0. The highest BCUT2D eigenvalue weighted by atomic mass is 16.2. The summed E-state index contributed by atoms with van der Waals surface area (Å²) in [6.07, 6.45) is 5.16. The van der Waals surface area contributed by atoms with Gasteiger partial charge < -0.3 is 9.80 Å². The largest absolute Gasteiger partial charge is 0.356 e. The number of para-hydroxylation sites is 1. The Labute approximate surface area is 149 Å². The summed E-state index contributed by atoms with van der Waals surface area (Å²) in [5.74, 6) is 1.68. The zero-order valence-corrected chi connectivity index (χ0v) is 15.0. The molecule has 2 atom stereocenters. The van der Waals surface area contributed by atoms with Crippen LogP contribution in [0.5, 0.6) is 0 Å². The summed E-state index contributed by atoms with van der Waals surface area (Å²) in [7, 11) is 0. The van der Waals surface area contributed by atoms with Crippen molar-refractivity contribution in [2.45, 2.75) is 39.2 Å². The summed E-state index contributed by atoms with van der Waals surface area (Å²) in [5.41, 5.74) is 3.03. The van der Waals surface area contributed by atoms with E-state index in [-0.39, 0.29) is 11.9 Å². The molecule has 25 heavy (non-hydrogen) atoms. The van der Waals surface area contributed by atoms with Crippen LogP contribution in [0.25, 0.3) is 0 Å². The molecule has 1 aromatic heterocycles. The molecule has 4 nitrogen and oxygen atoms in total. The van der Waals surface area contributed by atoms with Crippen LogP contribution in [0, 0.1) is 5.92 Å². The van der Waals surface area contributed by atoms with E-state index in [0.29, 0.717) is 5.92 Å². The van der Waals surface area contributed by atoms with E-state index in [2.05, 4.69) is 29.8 Å². The smallest absolute Gasteiger partial charge is 0.258 e. The quantitative estimate of drug-likeness (QED) is 0.835. The first kappa shape index (κ1) is 16.1. The van der Waals surface area contributed by atoms with Crippen molar-refractivity contribution in [2.75, 3.05) is 22.9 Å². The zero-order chi connectivity index (χ0) is 17.4. The minimum absolute atomic E-state index is 0.0751. The number of amides is 1. The lowest BCUT2D eigenvalue weighted by Crippen LogP contribution is -2.37. The summed E-state index contributed by atoms with van der Waals surface area (Å²) in [6.45, 7) is 6.45. The Morgan fingerprint density at radius 3 is 2.88 bits per heavy atom. The number of aromatic nitrogens is 1. The molecule has 2 aliphatic heterocycles. The average molecular weight is 335 g/mol. The first-order chi connectivity index (χ1) is 12.1. The van der Waals surface area contributed by atoms with Crippen LogP contribution in [0.1, 0.15) is 42.6 Å². The molecule has 0 N–H and O–H groups in total. The van der Waals surface area contributed by atoms with Gasteiger partial charge in [-0.2, -0.15) is 0 Å². The fourth-order valence-corrected chi connectivity index (χ4v) is 4.14. The van der Waals surface area contributed by atoms with E-state index < -0.39 is 0 Å². The average Bonchev–Trinajstić information content (AvgIpc) is 2.97. The van der Waals surface area contributed by atoms with Gasteiger partial charge in [0.15, 0.2) is 0 Å².